The minimum absolute atomic E-state index is 0.157. The third-order valence-electron chi connectivity index (χ3n) is 4.92. The summed E-state index contributed by atoms with van der Waals surface area (Å²) in [5.74, 6) is 1.45. The molecule has 3 rings (SSSR count). The Morgan fingerprint density at radius 3 is 2.68 bits per heavy atom. The van der Waals surface area contributed by atoms with Gasteiger partial charge < -0.3 is 15.2 Å². The molecule has 1 aliphatic rings. The van der Waals surface area contributed by atoms with E-state index in [1.807, 2.05) is 45.0 Å². The summed E-state index contributed by atoms with van der Waals surface area (Å²) in [4.78, 5) is 24.6. The third kappa shape index (κ3) is 4.58. The van der Waals surface area contributed by atoms with Gasteiger partial charge in [0, 0.05) is 29.6 Å². The summed E-state index contributed by atoms with van der Waals surface area (Å²) in [6, 6.07) is 6.97. The quantitative estimate of drug-likeness (QED) is 0.849. The molecule has 2 heterocycles. The molecule has 7 heteroatoms. The number of benzene rings is 1. The van der Waals surface area contributed by atoms with Crippen molar-refractivity contribution in [1.29, 1.82) is 0 Å². The van der Waals surface area contributed by atoms with Crippen molar-refractivity contribution >= 4 is 17.5 Å². The summed E-state index contributed by atoms with van der Waals surface area (Å²) in [6.45, 7) is 8.05. The Morgan fingerprint density at radius 1 is 1.14 bits per heavy atom. The van der Waals surface area contributed by atoms with E-state index in [0.717, 1.165) is 43.0 Å². The van der Waals surface area contributed by atoms with Gasteiger partial charge in [-0.2, -0.15) is 0 Å². The lowest BCUT2D eigenvalue weighted by Crippen LogP contribution is -2.46. The Kier molecular flexibility index (Phi) is 5.82. The second-order valence-electron chi connectivity index (χ2n) is 8.42. The summed E-state index contributed by atoms with van der Waals surface area (Å²) in [7, 11) is 0. The fourth-order valence-electron chi connectivity index (χ4n) is 3.16. The zero-order chi connectivity index (χ0) is 20.3. The number of carbonyl (C=O) groups is 2. The van der Waals surface area contributed by atoms with Crippen molar-refractivity contribution in [2.45, 2.75) is 66.0 Å². The maximum absolute atomic E-state index is 12.5. The van der Waals surface area contributed by atoms with Crippen molar-refractivity contribution in [2.75, 3.05) is 5.32 Å². The van der Waals surface area contributed by atoms with E-state index in [1.165, 1.54) is 6.42 Å². The molecule has 0 aliphatic carbocycles. The maximum Gasteiger partial charge on any atom is 0.246 e. The van der Waals surface area contributed by atoms with Gasteiger partial charge in [-0.05, 0) is 31.9 Å². The Bertz CT molecular complexity index is 866. The monoisotopic (exact) mass is 383 g/mol. The first-order valence-electron chi connectivity index (χ1n) is 9.90. The topological polar surface area (TPSA) is 88.9 Å². The summed E-state index contributed by atoms with van der Waals surface area (Å²) in [6.07, 6.45) is 4.43. The molecule has 0 bridgehead atoms. The SMILES string of the molecule is CC(NC(=O)C(C)(C)C)C(=O)Nc1cccc(-c2nnc3n2CCCCC3)c1. The second kappa shape index (κ2) is 8.12. The molecule has 1 aliphatic heterocycles. The molecule has 0 fully saturated rings. The third-order valence-corrected chi connectivity index (χ3v) is 4.92. The van der Waals surface area contributed by atoms with E-state index in [4.69, 9.17) is 0 Å². The molecule has 0 radical (unpaired) electrons. The Balaban J connectivity index is 1.73. The molecule has 1 unspecified atom stereocenters. The molecule has 2 aromatic rings. The number of carbonyl (C=O) groups excluding carboxylic acids is 2. The van der Waals surface area contributed by atoms with Crippen LogP contribution in [0.4, 0.5) is 5.69 Å². The highest BCUT2D eigenvalue weighted by molar-refractivity contribution is 5.97. The van der Waals surface area contributed by atoms with Gasteiger partial charge in [0.2, 0.25) is 11.8 Å². The lowest BCUT2D eigenvalue weighted by atomic mass is 9.95. The predicted octanol–water partition coefficient (Wildman–Crippen LogP) is 3.16. The van der Waals surface area contributed by atoms with E-state index < -0.39 is 11.5 Å². The molecule has 0 saturated heterocycles. The fourth-order valence-corrected chi connectivity index (χ4v) is 3.16. The van der Waals surface area contributed by atoms with Crippen LogP contribution in [0, 0.1) is 5.41 Å². The second-order valence-corrected chi connectivity index (χ2v) is 8.42. The van der Waals surface area contributed by atoms with Crippen LogP contribution in [0.5, 0.6) is 0 Å². The van der Waals surface area contributed by atoms with Gasteiger partial charge in [0.15, 0.2) is 5.82 Å². The first-order valence-corrected chi connectivity index (χ1v) is 9.90. The van der Waals surface area contributed by atoms with Crippen LogP contribution in [0.2, 0.25) is 0 Å². The average Bonchev–Trinajstić information content (AvgIpc) is 2.89. The molecule has 0 saturated carbocycles. The van der Waals surface area contributed by atoms with Crippen LogP contribution in [0.15, 0.2) is 24.3 Å². The van der Waals surface area contributed by atoms with E-state index >= 15 is 0 Å². The molecule has 1 aromatic heterocycles. The first-order chi connectivity index (χ1) is 13.3. The standard InChI is InChI=1S/C21H29N5O2/c1-14(22-20(28)21(2,3)4)19(27)23-16-10-8-9-15(13-16)18-25-24-17-11-6-5-7-12-26(17)18/h8-10,13-14H,5-7,11-12H2,1-4H3,(H,22,28)(H,23,27). The lowest BCUT2D eigenvalue weighted by Gasteiger charge is -2.21. The Labute approximate surface area is 165 Å². The number of nitrogens with one attached hydrogen (secondary N) is 2. The number of rotatable bonds is 4. The highest BCUT2D eigenvalue weighted by atomic mass is 16.2. The molecule has 1 atom stereocenters. The number of aryl methyl sites for hydroxylation is 1. The molecule has 28 heavy (non-hydrogen) atoms. The van der Waals surface area contributed by atoms with E-state index in [0.29, 0.717) is 5.69 Å². The molecule has 2 N–H and O–H groups in total. The van der Waals surface area contributed by atoms with Crippen LogP contribution in [0.3, 0.4) is 0 Å². The van der Waals surface area contributed by atoms with Crippen LogP contribution in [-0.4, -0.2) is 32.6 Å². The molecular formula is C21H29N5O2. The molecule has 1 aromatic carbocycles. The highest BCUT2D eigenvalue weighted by Crippen LogP contribution is 2.25. The van der Waals surface area contributed by atoms with Gasteiger partial charge >= 0.3 is 0 Å². The van der Waals surface area contributed by atoms with Crippen molar-refractivity contribution in [1.82, 2.24) is 20.1 Å². The zero-order valence-corrected chi connectivity index (χ0v) is 17.1. The molecular weight excluding hydrogens is 354 g/mol. The smallest absolute Gasteiger partial charge is 0.246 e. The van der Waals surface area contributed by atoms with E-state index in [-0.39, 0.29) is 11.8 Å². The van der Waals surface area contributed by atoms with Crippen LogP contribution in [0.25, 0.3) is 11.4 Å². The van der Waals surface area contributed by atoms with Gasteiger partial charge in [0.05, 0.1) is 0 Å². The number of fused-ring (bicyclic) bond motifs is 1. The molecule has 0 spiro atoms. The van der Waals surface area contributed by atoms with Crippen molar-refractivity contribution in [3.63, 3.8) is 0 Å². The van der Waals surface area contributed by atoms with Gasteiger partial charge in [-0.25, -0.2) is 0 Å². The maximum atomic E-state index is 12.5. The number of amides is 2. The number of hydrogen-bond donors (Lipinski definition) is 2. The van der Waals surface area contributed by atoms with Crippen LogP contribution < -0.4 is 10.6 Å². The van der Waals surface area contributed by atoms with Crippen LogP contribution >= 0.6 is 0 Å². The Hall–Kier alpha value is -2.70. The van der Waals surface area contributed by atoms with Gasteiger partial charge in [-0.1, -0.05) is 39.3 Å². The highest BCUT2D eigenvalue weighted by Gasteiger charge is 2.25. The van der Waals surface area contributed by atoms with Gasteiger partial charge in [-0.3, -0.25) is 9.59 Å². The van der Waals surface area contributed by atoms with E-state index in [2.05, 4.69) is 25.4 Å². The van der Waals surface area contributed by atoms with Crippen molar-refractivity contribution in [3.05, 3.63) is 30.1 Å². The number of hydrogen-bond acceptors (Lipinski definition) is 4. The first kappa shape index (κ1) is 20.0. The van der Waals surface area contributed by atoms with E-state index in [9.17, 15) is 9.59 Å². The summed E-state index contributed by atoms with van der Waals surface area (Å²) in [5.41, 5.74) is 1.05. The number of nitrogens with zero attached hydrogens (tertiary/aromatic N) is 3. The van der Waals surface area contributed by atoms with Crippen LogP contribution in [-0.2, 0) is 22.6 Å². The minimum Gasteiger partial charge on any atom is -0.344 e. The van der Waals surface area contributed by atoms with Crippen molar-refractivity contribution in [2.24, 2.45) is 5.41 Å². The number of anilines is 1. The summed E-state index contributed by atoms with van der Waals surface area (Å²) in [5, 5.41) is 14.4. The average molecular weight is 383 g/mol. The Morgan fingerprint density at radius 2 is 1.93 bits per heavy atom. The van der Waals surface area contributed by atoms with Crippen LogP contribution in [0.1, 0.15) is 52.8 Å². The summed E-state index contributed by atoms with van der Waals surface area (Å²) >= 11 is 0. The molecule has 2 amide bonds. The normalized spacial score (nSPS) is 15.3. The minimum atomic E-state index is -0.625. The zero-order valence-electron chi connectivity index (χ0n) is 17.1. The van der Waals surface area contributed by atoms with Crippen molar-refractivity contribution in [3.8, 4) is 11.4 Å². The van der Waals surface area contributed by atoms with Gasteiger partial charge in [0.1, 0.15) is 11.9 Å². The fraction of sp³-hybridized carbons (Fsp3) is 0.524. The molecule has 7 nitrogen and oxygen atoms in total. The van der Waals surface area contributed by atoms with Gasteiger partial charge in [-0.15, -0.1) is 10.2 Å². The van der Waals surface area contributed by atoms with E-state index in [1.54, 1.807) is 6.92 Å². The number of aromatic nitrogens is 3. The lowest BCUT2D eigenvalue weighted by molar-refractivity contribution is -0.131. The predicted molar refractivity (Wildman–Crippen MR) is 109 cm³/mol. The summed E-state index contributed by atoms with van der Waals surface area (Å²) < 4.78 is 2.18. The molecule has 150 valence electrons. The van der Waals surface area contributed by atoms with Gasteiger partial charge in [0.25, 0.3) is 0 Å². The van der Waals surface area contributed by atoms with Crippen molar-refractivity contribution < 1.29 is 9.59 Å². The largest absolute Gasteiger partial charge is 0.344 e.